The molecule has 2 fully saturated rings. The van der Waals surface area contributed by atoms with Crippen molar-refractivity contribution in [3.63, 3.8) is 0 Å². The van der Waals surface area contributed by atoms with Crippen LogP contribution < -0.4 is 0 Å². The first kappa shape index (κ1) is 16.7. The molecule has 0 unspecified atom stereocenters. The van der Waals surface area contributed by atoms with Gasteiger partial charge in [-0.1, -0.05) is 11.6 Å². The zero-order valence-electron chi connectivity index (χ0n) is 12.5. The van der Waals surface area contributed by atoms with Crippen molar-refractivity contribution < 1.29 is 17.6 Å². The summed E-state index contributed by atoms with van der Waals surface area (Å²) in [5, 5.41) is 0.324. The topological polar surface area (TPSA) is 57.7 Å². The number of hydrogen-bond acceptors (Lipinski definition) is 4. The van der Waals surface area contributed by atoms with Crippen LogP contribution in [0.5, 0.6) is 0 Å². The average molecular weight is 361 g/mol. The lowest BCUT2D eigenvalue weighted by Crippen LogP contribution is -2.52. The standard InChI is InChI=1S/C15H18ClFN2O3S/c16-11-1-2-14(17)13(9-11)15(20)19-6-4-18(5-7-19)12-3-8-23(21,22)10-12/h1-2,9,12H,3-8,10H2/t12-/m1/s1. The second-order valence-corrected chi connectivity index (χ2v) is 8.67. The minimum absolute atomic E-state index is 0.0191. The van der Waals surface area contributed by atoms with Crippen LogP contribution in [0.1, 0.15) is 16.8 Å². The van der Waals surface area contributed by atoms with Crippen LogP contribution in [-0.4, -0.2) is 67.9 Å². The molecule has 5 nitrogen and oxygen atoms in total. The molecule has 0 N–H and O–H groups in total. The van der Waals surface area contributed by atoms with Gasteiger partial charge in [-0.25, -0.2) is 12.8 Å². The maximum absolute atomic E-state index is 13.8. The summed E-state index contributed by atoms with van der Waals surface area (Å²) in [5.74, 6) is -0.513. The van der Waals surface area contributed by atoms with E-state index in [1.807, 2.05) is 0 Å². The molecule has 3 rings (SSSR count). The van der Waals surface area contributed by atoms with Crippen molar-refractivity contribution in [2.24, 2.45) is 0 Å². The number of amides is 1. The van der Waals surface area contributed by atoms with Crippen LogP contribution in [0.3, 0.4) is 0 Å². The van der Waals surface area contributed by atoms with E-state index in [9.17, 15) is 17.6 Å². The summed E-state index contributed by atoms with van der Waals surface area (Å²) in [7, 11) is -2.91. The highest BCUT2D eigenvalue weighted by Crippen LogP contribution is 2.21. The number of sulfone groups is 1. The maximum Gasteiger partial charge on any atom is 0.256 e. The number of carbonyl (C=O) groups is 1. The Morgan fingerprint density at radius 3 is 2.52 bits per heavy atom. The molecule has 8 heteroatoms. The predicted octanol–water partition coefficient (Wildman–Crippen LogP) is 1.42. The maximum atomic E-state index is 13.8. The number of nitrogens with zero attached hydrogens (tertiary/aromatic N) is 2. The lowest BCUT2D eigenvalue weighted by Gasteiger charge is -2.37. The second-order valence-electron chi connectivity index (χ2n) is 6.01. The molecule has 1 aromatic rings. The van der Waals surface area contributed by atoms with Gasteiger partial charge < -0.3 is 4.90 Å². The Balaban J connectivity index is 1.63. The van der Waals surface area contributed by atoms with E-state index in [2.05, 4.69) is 4.90 Å². The third-order valence-corrected chi connectivity index (χ3v) is 6.47. The first-order chi connectivity index (χ1) is 10.9. The number of carbonyl (C=O) groups excluding carboxylic acids is 1. The molecule has 0 saturated carbocycles. The highest BCUT2D eigenvalue weighted by Gasteiger charge is 2.34. The van der Waals surface area contributed by atoms with Crippen molar-refractivity contribution in [2.45, 2.75) is 12.5 Å². The van der Waals surface area contributed by atoms with Gasteiger partial charge in [0.15, 0.2) is 9.84 Å². The molecule has 0 radical (unpaired) electrons. The Bertz CT molecular complexity index is 717. The van der Waals surface area contributed by atoms with E-state index in [1.165, 1.54) is 18.2 Å². The fraction of sp³-hybridized carbons (Fsp3) is 0.533. The van der Waals surface area contributed by atoms with Gasteiger partial charge in [-0.15, -0.1) is 0 Å². The van der Waals surface area contributed by atoms with E-state index in [0.29, 0.717) is 37.6 Å². The van der Waals surface area contributed by atoms with Gasteiger partial charge in [-0.2, -0.15) is 0 Å². The average Bonchev–Trinajstić information content (AvgIpc) is 2.89. The molecule has 2 aliphatic heterocycles. The normalized spacial score (nSPS) is 24.8. The van der Waals surface area contributed by atoms with Crippen LogP contribution in [0.2, 0.25) is 5.02 Å². The van der Waals surface area contributed by atoms with Gasteiger partial charge in [0.25, 0.3) is 5.91 Å². The Hall–Kier alpha value is -1.18. The van der Waals surface area contributed by atoms with Crippen molar-refractivity contribution in [2.75, 3.05) is 37.7 Å². The number of rotatable bonds is 2. The summed E-state index contributed by atoms with van der Waals surface area (Å²) in [6.07, 6.45) is 0.652. The Kier molecular flexibility index (Phi) is 4.62. The molecular weight excluding hydrogens is 343 g/mol. The zero-order valence-corrected chi connectivity index (χ0v) is 14.1. The number of hydrogen-bond donors (Lipinski definition) is 0. The van der Waals surface area contributed by atoms with E-state index < -0.39 is 15.7 Å². The molecule has 1 atom stereocenters. The highest BCUT2D eigenvalue weighted by atomic mass is 35.5. The van der Waals surface area contributed by atoms with Gasteiger partial charge in [-0.3, -0.25) is 9.69 Å². The first-order valence-electron chi connectivity index (χ1n) is 7.54. The molecule has 126 valence electrons. The summed E-state index contributed by atoms with van der Waals surface area (Å²) < 4.78 is 36.9. The summed E-state index contributed by atoms with van der Waals surface area (Å²) >= 11 is 5.83. The SMILES string of the molecule is O=C(c1cc(Cl)ccc1F)N1CCN([C@@H]2CCS(=O)(=O)C2)CC1. The monoisotopic (exact) mass is 360 g/mol. The summed E-state index contributed by atoms with van der Waals surface area (Å²) in [4.78, 5) is 16.1. The minimum atomic E-state index is -2.91. The van der Waals surface area contributed by atoms with E-state index in [4.69, 9.17) is 11.6 Å². The van der Waals surface area contributed by atoms with Crippen molar-refractivity contribution in [3.05, 3.63) is 34.6 Å². The van der Waals surface area contributed by atoms with Crippen LogP contribution >= 0.6 is 11.6 Å². The number of benzene rings is 1. The molecule has 0 aliphatic carbocycles. The van der Waals surface area contributed by atoms with Gasteiger partial charge in [0.1, 0.15) is 5.82 Å². The summed E-state index contributed by atoms with van der Waals surface area (Å²) in [6, 6.07) is 3.98. The lowest BCUT2D eigenvalue weighted by molar-refractivity contribution is 0.0583. The molecule has 0 bridgehead atoms. The third-order valence-electron chi connectivity index (χ3n) is 4.49. The van der Waals surface area contributed by atoms with Gasteiger partial charge in [0.2, 0.25) is 0 Å². The summed E-state index contributed by atoms with van der Waals surface area (Å²) in [6.45, 7) is 2.13. The van der Waals surface area contributed by atoms with Crippen LogP contribution in [0.25, 0.3) is 0 Å². The Labute approximate surface area is 139 Å². The number of halogens is 2. The fourth-order valence-corrected chi connectivity index (χ4v) is 5.12. The molecule has 2 aliphatic rings. The van der Waals surface area contributed by atoms with Gasteiger partial charge in [-0.05, 0) is 24.6 Å². The second kappa shape index (κ2) is 6.37. The van der Waals surface area contributed by atoms with Crippen molar-refractivity contribution in [1.29, 1.82) is 0 Å². The minimum Gasteiger partial charge on any atom is -0.336 e. The summed E-state index contributed by atoms with van der Waals surface area (Å²) in [5.41, 5.74) is -0.0191. The Morgan fingerprint density at radius 2 is 1.91 bits per heavy atom. The molecule has 1 amide bonds. The van der Waals surface area contributed by atoms with Gasteiger partial charge in [0, 0.05) is 37.2 Å². The number of piperazine rings is 1. The van der Waals surface area contributed by atoms with Crippen LogP contribution in [0, 0.1) is 5.82 Å². The highest BCUT2D eigenvalue weighted by molar-refractivity contribution is 7.91. The fourth-order valence-electron chi connectivity index (χ4n) is 3.19. The van der Waals surface area contributed by atoms with Gasteiger partial charge in [0.05, 0.1) is 17.1 Å². The molecule has 23 heavy (non-hydrogen) atoms. The van der Waals surface area contributed by atoms with Crippen molar-refractivity contribution >= 4 is 27.3 Å². The first-order valence-corrected chi connectivity index (χ1v) is 9.74. The predicted molar refractivity (Wildman–Crippen MR) is 85.9 cm³/mol. The molecule has 2 heterocycles. The molecule has 0 spiro atoms. The largest absolute Gasteiger partial charge is 0.336 e. The van der Waals surface area contributed by atoms with Crippen LogP contribution in [0.4, 0.5) is 4.39 Å². The quantitative estimate of drug-likeness (QED) is 0.800. The zero-order chi connectivity index (χ0) is 16.6. The molecule has 2 saturated heterocycles. The van der Waals surface area contributed by atoms with Crippen molar-refractivity contribution in [1.82, 2.24) is 9.80 Å². The smallest absolute Gasteiger partial charge is 0.256 e. The van der Waals surface area contributed by atoms with E-state index >= 15 is 0 Å². The van der Waals surface area contributed by atoms with Crippen molar-refractivity contribution in [3.8, 4) is 0 Å². The van der Waals surface area contributed by atoms with E-state index in [1.54, 1.807) is 4.90 Å². The van der Waals surface area contributed by atoms with Crippen LogP contribution in [0.15, 0.2) is 18.2 Å². The van der Waals surface area contributed by atoms with Crippen LogP contribution in [-0.2, 0) is 9.84 Å². The molecule has 1 aromatic carbocycles. The Morgan fingerprint density at radius 1 is 1.22 bits per heavy atom. The molecule has 0 aromatic heterocycles. The van der Waals surface area contributed by atoms with E-state index in [-0.39, 0.29) is 29.0 Å². The lowest BCUT2D eigenvalue weighted by atomic mass is 10.1. The molecular formula is C15H18ClFN2O3S. The van der Waals surface area contributed by atoms with E-state index in [0.717, 1.165) is 0 Å². The van der Waals surface area contributed by atoms with Gasteiger partial charge >= 0.3 is 0 Å². The third kappa shape index (κ3) is 3.67.